The molecule has 3 nitrogen and oxygen atoms in total. The molecule has 0 fully saturated rings. The second-order valence-corrected chi connectivity index (χ2v) is 4.56. The van der Waals surface area contributed by atoms with Gasteiger partial charge in [-0.25, -0.2) is 4.98 Å². The van der Waals surface area contributed by atoms with Gasteiger partial charge in [-0.2, -0.15) is 0 Å². The van der Waals surface area contributed by atoms with Gasteiger partial charge in [0.25, 0.3) is 5.91 Å². The normalized spacial score (nSPS) is 10.2. The molecule has 0 spiro atoms. The molecule has 0 aliphatic rings. The molecular weight excluding hydrogens is 271 g/mol. The second-order valence-electron chi connectivity index (χ2n) is 3.76. The number of pyridine rings is 1. The van der Waals surface area contributed by atoms with Crippen LogP contribution in [0.4, 0.5) is 5.69 Å². The quantitative estimate of drug-likeness (QED) is 0.847. The summed E-state index contributed by atoms with van der Waals surface area (Å²) in [5.74, 6) is -0.329. The summed E-state index contributed by atoms with van der Waals surface area (Å²) in [6.45, 7) is 1.91. The van der Waals surface area contributed by atoms with E-state index in [0.29, 0.717) is 5.02 Å². The molecule has 1 aromatic carbocycles. The maximum atomic E-state index is 12.0. The number of halogens is 2. The Morgan fingerprint density at radius 2 is 2.00 bits per heavy atom. The molecule has 92 valence electrons. The molecule has 0 aliphatic carbocycles. The van der Waals surface area contributed by atoms with Crippen molar-refractivity contribution in [2.24, 2.45) is 0 Å². The van der Waals surface area contributed by atoms with Crippen LogP contribution >= 0.6 is 23.2 Å². The lowest BCUT2D eigenvalue weighted by atomic mass is 10.2. The van der Waals surface area contributed by atoms with Crippen LogP contribution in [0.3, 0.4) is 0 Å². The Morgan fingerprint density at radius 3 is 2.72 bits per heavy atom. The molecule has 5 heteroatoms. The van der Waals surface area contributed by atoms with Crippen LogP contribution in [0, 0.1) is 6.92 Å². The summed E-state index contributed by atoms with van der Waals surface area (Å²) in [7, 11) is 0. The molecule has 0 saturated heterocycles. The number of para-hydroxylation sites is 1. The van der Waals surface area contributed by atoms with Gasteiger partial charge in [0, 0.05) is 11.9 Å². The fourth-order valence-corrected chi connectivity index (χ4v) is 1.83. The molecule has 0 bridgehead atoms. The highest BCUT2D eigenvalue weighted by Crippen LogP contribution is 2.20. The van der Waals surface area contributed by atoms with Gasteiger partial charge >= 0.3 is 0 Å². The van der Waals surface area contributed by atoms with Gasteiger partial charge in [0.15, 0.2) is 0 Å². The highest BCUT2D eigenvalue weighted by atomic mass is 35.5. The van der Waals surface area contributed by atoms with Crippen molar-refractivity contribution in [3.63, 3.8) is 0 Å². The topological polar surface area (TPSA) is 42.0 Å². The minimum Gasteiger partial charge on any atom is -0.322 e. The number of benzene rings is 1. The van der Waals surface area contributed by atoms with E-state index in [4.69, 9.17) is 23.2 Å². The number of nitrogens with one attached hydrogen (secondary N) is 1. The highest BCUT2D eigenvalue weighted by Gasteiger charge is 2.13. The Bertz CT molecular complexity index is 599. The van der Waals surface area contributed by atoms with Crippen LogP contribution < -0.4 is 5.32 Å². The van der Waals surface area contributed by atoms with Gasteiger partial charge in [-0.15, -0.1) is 0 Å². The zero-order valence-electron chi connectivity index (χ0n) is 9.58. The first-order chi connectivity index (χ1) is 8.58. The molecule has 0 saturated carbocycles. The fourth-order valence-electron chi connectivity index (χ4n) is 1.48. The van der Waals surface area contributed by atoms with E-state index in [1.54, 1.807) is 0 Å². The molecule has 1 aromatic heterocycles. The first-order valence-corrected chi connectivity index (χ1v) is 6.01. The van der Waals surface area contributed by atoms with E-state index in [1.807, 2.05) is 31.2 Å². The van der Waals surface area contributed by atoms with Gasteiger partial charge in [0.1, 0.15) is 5.15 Å². The maximum absolute atomic E-state index is 12.0. The van der Waals surface area contributed by atoms with Gasteiger partial charge < -0.3 is 5.32 Å². The minimum absolute atomic E-state index is 0.130. The third-order valence-corrected chi connectivity index (χ3v) is 2.95. The summed E-state index contributed by atoms with van der Waals surface area (Å²) in [6.07, 6.45) is 1.40. The Labute approximate surface area is 115 Å². The average Bonchev–Trinajstić information content (AvgIpc) is 2.35. The molecule has 1 N–H and O–H groups in total. The fraction of sp³-hybridized carbons (Fsp3) is 0.0769. The van der Waals surface area contributed by atoms with E-state index >= 15 is 0 Å². The molecule has 0 atom stereocenters. The number of aromatic nitrogens is 1. The Hall–Kier alpha value is -1.58. The molecule has 0 radical (unpaired) electrons. The van der Waals surface area contributed by atoms with E-state index in [-0.39, 0.29) is 16.6 Å². The molecule has 1 heterocycles. The largest absolute Gasteiger partial charge is 0.322 e. The van der Waals surface area contributed by atoms with Crippen LogP contribution in [-0.4, -0.2) is 10.9 Å². The van der Waals surface area contributed by atoms with Crippen LogP contribution in [0.15, 0.2) is 36.5 Å². The number of rotatable bonds is 2. The monoisotopic (exact) mass is 280 g/mol. The van der Waals surface area contributed by atoms with Crippen molar-refractivity contribution in [1.29, 1.82) is 0 Å². The maximum Gasteiger partial charge on any atom is 0.258 e. The van der Waals surface area contributed by atoms with E-state index in [9.17, 15) is 4.79 Å². The number of carbonyl (C=O) groups is 1. The van der Waals surface area contributed by atoms with Crippen molar-refractivity contribution in [1.82, 2.24) is 4.98 Å². The molecule has 18 heavy (non-hydrogen) atoms. The lowest BCUT2D eigenvalue weighted by molar-refractivity contribution is 0.102. The van der Waals surface area contributed by atoms with Crippen LogP contribution in [-0.2, 0) is 0 Å². The number of carbonyl (C=O) groups excluding carboxylic acids is 1. The molecular formula is C13H10Cl2N2O. The third-order valence-electron chi connectivity index (χ3n) is 2.44. The van der Waals surface area contributed by atoms with Crippen molar-refractivity contribution in [3.05, 3.63) is 57.8 Å². The van der Waals surface area contributed by atoms with E-state index in [0.717, 1.165) is 11.3 Å². The zero-order valence-corrected chi connectivity index (χ0v) is 11.1. The van der Waals surface area contributed by atoms with Gasteiger partial charge in [-0.1, -0.05) is 41.4 Å². The third kappa shape index (κ3) is 2.81. The van der Waals surface area contributed by atoms with E-state index in [1.165, 1.54) is 12.3 Å². The second kappa shape index (κ2) is 5.38. The zero-order chi connectivity index (χ0) is 13.1. The smallest absolute Gasteiger partial charge is 0.258 e. The summed E-state index contributed by atoms with van der Waals surface area (Å²) < 4.78 is 0. The number of nitrogens with zero attached hydrogens (tertiary/aromatic N) is 1. The number of hydrogen-bond acceptors (Lipinski definition) is 2. The lowest BCUT2D eigenvalue weighted by Crippen LogP contribution is -2.13. The van der Waals surface area contributed by atoms with Crippen LogP contribution in [0.5, 0.6) is 0 Å². The summed E-state index contributed by atoms with van der Waals surface area (Å²) in [6, 6.07) is 8.97. The molecule has 2 rings (SSSR count). The van der Waals surface area contributed by atoms with E-state index in [2.05, 4.69) is 10.3 Å². The summed E-state index contributed by atoms with van der Waals surface area (Å²) in [5.41, 5.74) is 1.96. The van der Waals surface area contributed by atoms with Gasteiger partial charge in [-0.3, -0.25) is 4.79 Å². The highest BCUT2D eigenvalue weighted by molar-refractivity contribution is 6.35. The van der Waals surface area contributed by atoms with E-state index < -0.39 is 0 Å². The van der Waals surface area contributed by atoms with Crippen LogP contribution in [0.2, 0.25) is 10.2 Å². The van der Waals surface area contributed by atoms with Crippen molar-refractivity contribution >= 4 is 34.8 Å². The Kier molecular flexibility index (Phi) is 3.84. The number of amides is 1. The Morgan fingerprint density at radius 1 is 1.28 bits per heavy atom. The first-order valence-electron chi connectivity index (χ1n) is 5.26. The standard InChI is InChI=1S/C13H10Cl2N2O/c1-8-4-2-3-5-11(8)17-13(18)10-6-9(14)7-16-12(10)15/h2-7H,1H3,(H,17,18). The summed E-state index contributed by atoms with van der Waals surface area (Å²) >= 11 is 11.7. The molecule has 1 amide bonds. The number of aryl methyl sites for hydroxylation is 1. The van der Waals surface area contributed by atoms with Crippen molar-refractivity contribution in [3.8, 4) is 0 Å². The average molecular weight is 281 g/mol. The van der Waals surface area contributed by atoms with Gasteiger partial charge in [0.2, 0.25) is 0 Å². The van der Waals surface area contributed by atoms with Gasteiger partial charge in [0.05, 0.1) is 10.6 Å². The van der Waals surface area contributed by atoms with Gasteiger partial charge in [-0.05, 0) is 24.6 Å². The Balaban J connectivity index is 2.28. The van der Waals surface area contributed by atoms with Crippen molar-refractivity contribution < 1.29 is 4.79 Å². The van der Waals surface area contributed by atoms with Crippen molar-refractivity contribution in [2.45, 2.75) is 6.92 Å². The summed E-state index contributed by atoms with van der Waals surface area (Å²) in [5, 5.41) is 3.27. The van der Waals surface area contributed by atoms with Crippen LogP contribution in [0.1, 0.15) is 15.9 Å². The molecule has 0 unspecified atom stereocenters. The SMILES string of the molecule is Cc1ccccc1NC(=O)c1cc(Cl)cnc1Cl. The first kappa shape index (κ1) is 12.9. The van der Waals surface area contributed by atoms with Crippen molar-refractivity contribution in [2.75, 3.05) is 5.32 Å². The number of anilines is 1. The lowest BCUT2D eigenvalue weighted by Gasteiger charge is -2.08. The predicted molar refractivity (Wildman–Crippen MR) is 73.4 cm³/mol. The molecule has 2 aromatic rings. The number of hydrogen-bond donors (Lipinski definition) is 1. The summed E-state index contributed by atoms with van der Waals surface area (Å²) in [4.78, 5) is 15.9. The predicted octanol–water partition coefficient (Wildman–Crippen LogP) is 3.95. The van der Waals surface area contributed by atoms with Crippen LogP contribution in [0.25, 0.3) is 0 Å². The molecule has 0 aliphatic heterocycles. The minimum atomic E-state index is -0.329.